The lowest BCUT2D eigenvalue weighted by molar-refractivity contribution is -0.218. The van der Waals surface area contributed by atoms with Crippen molar-refractivity contribution in [2.75, 3.05) is 6.54 Å². The summed E-state index contributed by atoms with van der Waals surface area (Å²) < 4.78 is 6.42. The van der Waals surface area contributed by atoms with E-state index in [0.29, 0.717) is 0 Å². The van der Waals surface area contributed by atoms with E-state index in [2.05, 4.69) is 52.2 Å². The van der Waals surface area contributed by atoms with Crippen LogP contribution in [0.5, 0.6) is 0 Å². The van der Waals surface area contributed by atoms with Crippen molar-refractivity contribution in [2.24, 2.45) is 0 Å². The van der Waals surface area contributed by atoms with Crippen molar-refractivity contribution in [1.82, 2.24) is 10.6 Å². The molecule has 0 atom stereocenters. The molecule has 0 aromatic rings. The minimum atomic E-state index is -0.153. The summed E-state index contributed by atoms with van der Waals surface area (Å²) in [5, 5.41) is 7.35. The van der Waals surface area contributed by atoms with Crippen LogP contribution >= 0.6 is 0 Å². The van der Waals surface area contributed by atoms with Crippen molar-refractivity contribution >= 4 is 0 Å². The second-order valence-corrected chi connectivity index (χ2v) is 7.78. The number of piperidine rings is 1. The molecule has 2 heterocycles. The summed E-state index contributed by atoms with van der Waals surface area (Å²) in [6, 6.07) is 0. The highest BCUT2D eigenvalue weighted by Crippen LogP contribution is 2.41. The lowest BCUT2D eigenvalue weighted by Crippen LogP contribution is -2.71. The van der Waals surface area contributed by atoms with Crippen LogP contribution in [0.1, 0.15) is 60.8 Å². The Bertz CT molecular complexity index is 286. The van der Waals surface area contributed by atoms with Gasteiger partial charge in [-0.2, -0.15) is 0 Å². The van der Waals surface area contributed by atoms with Gasteiger partial charge in [0.1, 0.15) is 5.72 Å². The van der Waals surface area contributed by atoms with E-state index in [9.17, 15) is 0 Å². The minimum absolute atomic E-state index is 0.00521. The highest BCUT2D eigenvalue weighted by molar-refractivity contribution is 5.06. The first kappa shape index (κ1) is 13.3. The third kappa shape index (κ3) is 3.01. The largest absolute Gasteiger partial charge is 0.355 e. The molecule has 0 aromatic carbocycles. The van der Waals surface area contributed by atoms with E-state index in [4.69, 9.17) is 4.74 Å². The molecule has 0 unspecified atom stereocenters. The van der Waals surface area contributed by atoms with Gasteiger partial charge in [-0.05, 0) is 48.0 Å². The van der Waals surface area contributed by atoms with Gasteiger partial charge in [-0.1, -0.05) is 0 Å². The van der Waals surface area contributed by atoms with E-state index in [-0.39, 0.29) is 22.4 Å². The fourth-order valence-corrected chi connectivity index (χ4v) is 3.90. The Morgan fingerprint density at radius 2 is 1.41 bits per heavy atom. The van der Waals surface area contributed by atoms with Crippen LogP contribution in [0, 0.1) is 0 Å². The van der Waals surface area contributed by atoms with Crippen LogP contribution in [-0.4, -0.2) is 28.9 Å². The smallest absolute Gasteiger partial charge is 0.123 e. The number of ether oxygens (including phenoxy) is 1. The van der Waals surface area contributed by atoms with E-state index in [0.717, 1.165) is 25.8 Å². The predicted molar refractivity (Wildman–Crippen MR) is 71.0 cm³/mol. The molecule has 0 bridgehead atoms. The lowest BCUT2D eigenvalue weighted by Gasteiger charge is -2.57. The van der Waals surface area contributed by atoms with Gasteiger partial charge in [0, 0.05) is 30.5 Å². The first-order valence-electron chi connectivity index (χ1n) is 6.78. The van der Waals surface area contributed by atoms with Crippen molar-refractivity contribution in [3.63, 3.8) is 0 Å². The fourth-order valence-electron chi connectivity index (χ4n) is 3.90. The monoisotopic (exact) mass is 240 g/mol. The maximum absolute atomic E-state index is 6.42. The number of nitrogens with one attached hydrogen (secondary N) is 2. The van der Waals surface area contributed by atoms with Gasteiger partial charge in [-0.3, -0.25) is 5.32 Å². The third-order valence-electron chi connectivity index (χ3n) is 3.78. The zero-order valence-corrected chi connectivity index (χ0v) is 12.2. The molecule has 17 heavy (non-hydrogen) atoms. The van der Waals surface area contributed by atoms with Crippen molar-refractivity contribution in [3.8, 4) is 0 Å². The Hall–Kier alpha value is -0.120. The van der Waals surface area contributed by atoms with E-state index >= 15 is 0 Å². The Balaban J connectivity index is 2.24. The molecule has 3 heteroatoms. The Kier molecular flexibility index (Phi) is 2.89. The first-order chi connectivity index (χ1) is 7.54. The molecule has 2 rings (SSSR count). The molecular weight excluding hydrogens is 212 g/mol. The van der Waals surface area contributed by atoms with Gasteiger partial charge in [-0.15, -0.1) is 0 Å². The Labute approximate surface area is 106 Å². The van der Waals surface area contributed by atoms with E-state index in [1.54, 1.807) is 0 Å². The molecule has 2 aliphatic heterocycles. The molecule has 0 aromatic heterocycles. The zero-order chi connectivity index (χ0) is 12.9. The number of hydrogen-bond donors (Lipinski definition) is 2. The molecule has 0 aliphatic carbocycles. The molecule has 2 fully saturated rings. The van der Waals surface area contributed by atoms with Gasteiger partial charge < -0.3 is 10.1 Å². The normalized spacial score (nSPS) is 33.5. The van der Waals surface area contributed by atoms with Crippen LogP contribution in [0.3, 0.4) is 0 Å². The van der Waals surface area contributed by atoms with Gasteiger partial charge in [0.15, 0.2) is 0 Å². The van der Waals surface area contributed by atoms with Crippen LogP contribution in [0.4, 0.5) is 0 Å². The molecule has 100 valence electrons. The van der Waals surface area contributed by atoms with Gasteiger partial charge >= 0.3 is 0 Å². The van der Waals surface area contributed by atoms with Crippen LogP contribution in [0.25, 0.3) is 0 Å². The summed E-state index contributed by atoms with van der Waals surface area (Å²) in [6.45, 7) is 14.5. The van der Waals surface area contributed by atoms with Crippen LogP contribution in [0.2, 0.25) is 0 Å². The van der Waals surface area contributed by atoms with Crippen molar-refractivity contribution < 1.29 is 4.74 Å². The minimum Gasteiger partial charge on any atom is -0.355 e. The Morgan fingerprint density at radius 1 is 0.882 bits per heavy atom. The standard InChI is InChI=1S/C14H28N2O/c1-11(2)9-14(10-12(3,4)16-11)15-8-7-13(5,6)17-14/h15-16H,7-10H2,1-6H3. The number of rotatable bonds is 0. The van der Waals surface area contributed by atoms with Gasteiger partial charge in [0.25, 0.3) is 0 Å². The highest BCUT2D eigenvalue weighted by atomic mass is 16.5. The molecule has 0 amide bonds. The summed E-state index contributed by atoms with van der Waals surface area (Å²) in [7, 11) is 0. The van der Waals surface area contributed by atoms with Crippen LogP contribution in [-0.2, 0) is 4.74 Å². The molecule has 1 spiro atoms. The maximum Gasteiger partial charge on any atom is 0.123 e. The molecule has 0 saturated carbocycles. The van der Waals surface area contributed by atoms with Crippen molar-refractivity contribution in [3.05, 3.63) is 0 Å². The molecular formula is C14H28N2O. The summed E-state index contributed by atoms with van der Waals surface area (Å²) >= 11 is 0. The molecule has 2 saturated heterocycles. The number of hydrogen-bond acceptors (Lipinski definition) is 3. The average Bonchev–Trinajstić information content (AvgIpc) is 1.91. The summed E-state index contributed by atoms with van der Waals surface area (Å²) in [5.74, 6) is 0. The molecule has 2 N–H and O–H groups in total. The second-order valence-electron chi connectivity index (χ2n) is 7.78. The SMILES string of the molecule is CC1(C)CC2(CC(C)(C)N1)NCCC(C)(C)O2. The van der Waals surface area contributed by atoms with Crippen LogP contribution in [0.15, 0.2) is 0 Å². The average molecular weight is 240 g/mol. The van der Waals surface area contributed by atoms with Crippen LogP contribution < -0.4 is 10.6 Å². The van der Waals surface area contributed by atoms with Gasteiger partial charge in [0.05, 0.1) is 5.60 Å². The quantitative estimate of drug-likeness (QED) is 0.682. The van der Waals surface area contributed by atoms with E-state index in [1.165, 1.54) is 0 Å². The zero-order valence-electron chi connectivity index (χ0n) is 12.2. The first-order valence-corrected chi connectivity index (χ1v) is 6.78. The predicted octanol–water partition coefficient (Wildman–Crippen LogP) is 2.41. The third-order valence-corrected chi connectivity index (χ3v) is 3.78. The molecule has 2 aliphatic rings. The van der Waals surface area contributed by atoms with Crippen molar-refractivity contribution in [1.29, 1.82) is 0 Å². The van der Waals surface area contributed by atoms with E-state index < -0.39 is 0 Å². The Morgan fingerprint density at radius 3 is 1.88 bits per heavy atom. The van der Waals surface area contributed by atoms with E-state index in [1.807, 2.05) is 0 Å². The second kappa shape index (κ2) is 3.69. The van der Waals surface area contributed by atoms with Gasteiger partial charge in [0.2, 0.25) is 0 Å². The topological polar surface area (TPSA) is 33.3 Å². The highest BCUT2D eigenvalue weighted by Gasteiger charge is 2.51. The molecule has 3 nitrogen and oxygen atoms in total. The summed E-state index contributed by atoms with van der Waals surface area (Å²) in [5.41, 5.74) is 0.0685. The lowest BCUT2D eigenvalue weighted by atomic mass is 9.76. The van der Waals surface area contributed by atoms with Crippen molar-refractivity contribution in [2.45, 2.75) is 83.2 Å². The summed E-state index contributed by atoms with van der Waals surface area (Å²) in [4.78, 5) is 0. The molecule has 0 radical (unpaired) electrons. The summed E-state index contributed by atoms with van der Waals surface area (Å²) in [6.07, 6.45) is 3.13. The maximum atomic E-state index is 6.42. The fraction of sp³-hybridized carbons (Fsp3) is 1.00. The van der Waals surface area contributed by atoms with Gasteiger partial charge in [-0.25, -0.2) is 0 Å².